The summed E-state index contributed by atoms with van der Waals surface area (Å²) in [5.41, 5.74) is 3.85. The van der Waals surface area contributed by atoms with Gasteiger partial charge in [0.1, 0.15) is 0 Å². The van der Waals surface area contributed by atoms with Gasteiger partial charge in [0, 0.05) is 35.8 Å². The standard InChI is InChI=1S/C23H31N3O3S/c1-3-5-20(24-15-14-19-7-4-6-18(2)16-19)8-11-22(27)17-25-30-23-12-9-21(10-13-23)26(28)29/h4-7,9-10,12-13,16,22,24-25,27H,3,8,11,14-15,17H2,1-2H3/b20-5-. The van der Waals surface area contributed by atoms with Crippen LogP contribution in [0.5, 0.6) is 0 Å². The number of rotatable bonds is 13. The average Bonchev–Trinajstić information content (AvgIpc) is 2.72. The second kappa shape index (κ2) is 13.1. The summed E-state index contributed by atoms with van der Waals surface area (Å²) in [6.45, 7) is 5.54. The molecule has 1 atom stereocenters. The zero-order chi connectivity index (χ0) is 21.8. The number of aliphatic hydroxyl groups excluding tert-OH is 1. The Bertz CT molecular complexity index is 825. The second-order valence-electron chi connectivity index (χ2n) is 7.20. The molecule has 0 aliphatic heterocycles. The second-order valence-corrected chi connectivity index (χ2v) is 8.16. The van der Waals surface area contributed by atoms with Gasteiger partial charge in [0.25, 0.3) is 5.69 Å². The van der Waals surface area contributed by atoms with Crippen molar-refractivity contribution in [3.8, 4) is 0 Å². The molecule has 2 rings (SSSR count). The molecule has 30 heavy (non-hydrogen) atoms. The number of nitro groups is 1. The first-order chi connectivity index (χ1) is 14.5. The Labute approximate surface area is 183 Å². The van der Waals surface area contributed by atoms with Crippen molar-refractivity contribution >= 4 is 17.6 Å². The molecule has 6 nitrogen and oxygen atoms in total. The van der Waals surface area contributed by atoms with Gasteiger partial charge >= 0.3 is 0 Å². The minimum absolute atomic E-state index is 0.0736. The van der Waals surface area contributed by atoms with E-state index in [0.717, 1.165) is 30.7 Å². The number of allylic oxidation sites excluding steroid dienone is 2. The minimum atomic E-state index is -0.464. The number of nitrogens with one attached hydrogen (secondary N) is 2. The van der Waals surface area contributed by atoms with E-state index in [1.807, 2.05) is 0 Å². The number of benzene rings is 2. The van der Waals surface area contributed by atoms with Crippen LogP contribution in [0.25, 0.3) is 0 Å². The summed E-state index contributed by atoms with van der Waals surface area (Å²) in [6, 6.07) is 14.9. The molecule has 0 spiro atoms. The Morgan fingerprint density at radius 3 is 2.70 bits per heavy atom. The normalized spacial score (nSPS) is 12.6. The molecule has 3 N–H and O–H groups in total. The Hall–Kier alpha value is -2.35. The molecular formula is C23H31N3O3S. The lowest BCUT2D eigenvalue weighted by atomic mass is 10.1. The highest BCUT2D eigenvalue weighted by Gasteiger charge is 2.08. The van der Waals surface area contributed by atoms with E-state index >= 15 is 0 Å². The number of nitro benzene ring substituents is 1. The van der Waals surface area contributed by atoms with Crippen LogP contribution in [-0.4, -0.2) is 29.2 Å². The Balaban J connectivity index is 1.68. The monoisotopic (exact) mass is 429 g/mol. The van der Waals surface area contributed by atoms with Crippen molar-refractivity contribution in [2.45, 2.75) is 50.5 Å². The van der Waals surface area contributed by atoms with Crippen molar-refractivity contribution < 1.29 is 10.0 Å². The maximum Gasteiger partial charge on any atom is 0.269 e. The van der Waals surface area contributed by atoms with E-state index in [0.29, 0.717) is 13.0 Å². The van der Waals surface area contributed by atoms with E-state index in [2.05, 4.69) is 54.2 Å². The zero-order valence-corrected chi connectivity index (χ0v) is 18.5. The zero-order valence-electron chi connectivity index (χ0n) is 17.6. The predicted octanol–water partition coefficient (Wildman–Crippen LogP) is 4.77. The number of aryl methyl sites for hydroxylation is 1. The fourth-order valence-electron chi connectivity index (χ4n) is 3.03. The molecule has 162 valence electrons. The van der Waals surface area contributed by atoms with Gasteiger partial charge < -0.3 is 10.4 Å². The van der Waals surface area contributed by atoms with Gasteiger partial charge in [-0.25, -0.2) is 0 Å². The SMILES string of the molecule is CC/C=C(/CCC(O)CNSc1ccc([N+](=O)[O-])cc1)NCCc1cccc(C)c1. The summed E-state index contributed by atoms with van der Waals surface area (Å²) in [5, 5.41) is 24.5. The van der Waals surface area contributed by atoms with Crippen LogP contribution in [0.2, 0.25) is 0 Å². The van der Waals surface area contributed by atoms with Crippen LogP contribution in [-0.2, 0) is 6.42 Å². The van der Waals surface area contributed by atoms with Crippen molar-refractivity contribution in [1.29, 1.82) is 0 Å². The molecular weight excluding hydrogens is 398 g/mol. The number of hydrogen-bond acceptors (Lipinski definition) is 6. The first-order valence-electron chi connectivity index (χ1n) is 10.3. The van der Waals surface area contributed by atoms with E-state index in [4.69, 9.17) is 0 Å². The number of non-ortho nitro benzene ring substituents is 1. The molecule has 0 aliphatic rings. The number of nitrogens with zero attached hydrogens (tertiary/aromatic N) is 1. The van der Waals surface area contributed by atoms with Crippen LogP contribution >= 0.6 is 11.9 Å². The van der Waals surface area contributed by atoms with Gasteiger partial charge in [-0.2, -0.15) is 0 Å². The van der Waals surface area contributed by atoms with Crippen molar-refractivity contribution in [1.82, 2.24) is 10.0 Å². The molecule has 0 fully saturated rings. The van der Waals surface area contributed by atoms with E-state index in [9.17, 15) is 15.2 Å². The van der Waals surface area contributed by atoms with Crippen LogP contribution in [0.3, 0.4) is 0 Å². The highest BCUT2D eigenvalue weighted by atomic mass is 32.2. The van der Waals surface area contributed by atoms with Crippen molar-refractivity contribution in [3.05, 3.63) is 81.5 Å². The van der Waals surface area contributed by atoms with Crippen LogP contribution in [0, 0.1) is 17.0 Å². The lowest BCUT2D eigenvalue weighted by Gasteiger charge is -2.15. The molecule has 2 aromatic carbocycles. The summed E-state index contributed by atoms with van der Waals surface area (Å²) in [4.78, 5) is 11.1. The fraction of sp³-hybridized carbons (Fsp3) is 0.391. The number of hydrogen-bond donors (Lipinski definition) is 3. The highest BCUT2D eigenvalue weighted by molar-refractivity contribution is 7.97. The van der Waals surface area contributed by atoms with E-state index in [1.165, 1.54) is 40.9 Å². The van der Waals surface area contributed by atoms with Gasteiger partial charge in [0.15, 0.2) is 0 Å². The van der Waals surface area contributed by atoms with Crippen molar-refractivity contribution in [3.63, 3.8) is 0 Å². The smallest absolute Gasteiger partial charge is 0.269 e. The van der Waals surface area contributed by atoms with Crippen LogP contribution in [0.1, 0.15) is 37.3 Å². The fourth-order valence-corrected chi connectivity index (χ4v) is 3.74. The first kappa shape index (κ1) is 23.9. The molecule has 0 bridgehead atoms. The predicted molar refractivity (Wildman–Crippen MR) is 123 cm³/mol. The maximum atomic E-state index is 10.7. The maximum absolute atomic E-state index is 10.7. The van der Waals surface area contributed by atoms with Crippen molar-refractivity contribution in [2.75, 3.05) is 13.1 Å². The first-order valence-corrected chi connectivity index (χ1v) is 11.1. The Kier molecular flexibility index (Phi) is 10.4. The Morgan fingerprint density at radius 1 is 1.27 bits per heavy atom. The molecule has 0 radical (unpaired) electrons. The van der Waals surface area contributed by atoms with Gasteiger partial charge in [-0.05, 0) is 62.3 Å². The molecule has 0 saturated carbocycles. The van der Waals surface area contributed by atoms with Gasteiger partial charge in [-0.1, -0.05) is 42.8 Å². The molecule has 7 heteroatoms. The van der Waals surface area contributed by atoms with E-state index < -0.39 is 11.0 Å². The topological polar surface area (TPSA) is 87.4 Å². The lowest BCUT2D eigenvalue weighted by molar-refractivity contribution is -0.384. The van der Waals surface area contributed by atoms with Crippen LogP contribution in [0.15, 0.2) is 65.2 Å². The summed E-state index contributed by atoms with van der Waals surface area (Å²) >= 11 is 1.36. The minimum Gasteiger partial charge on any atom is -0.392 e. The molecule has 0 heterocycles. The molecule has 0 aliphatic carbocycles. The van der Waals surface area contributed by atoms with Gasteiger partial charge in [-0.3, -0.25) is 14.8 Å². The largest absolute Gasteiger partial charge is 0.392 e. The third kappa shape index (κ3) is 8.98. The summed E-state index contributed by atoms with van der Waals surface area (Å²) < 4.78 is 3.13. The summed E-state index contributed by atoms with van der Waals surface area (Å²) in [7, 11) is 0. The average molecular weight is 430 g/mol. The van der Waals surface area contributed by atoms with Crippen LogP contribution < -0.4 is 10.0 Å². The van der Waals surface area contributed by atoms with E-state index in [1.54, 1.807) is 12.1 Å². The Morgan fingerprint density at radius 2 is 2.03 bits per heavy atom. The van der Waals surface area contributed by atoms with Gasteiger partial charge in [-0.15, -0.1) is 0 Å². The van der Waals surface area contributed by atoms with Gasteiger partial charge in [0.05, 0.1) is 11.0 Å². The molecule has 0 aromatic heterocycles. The van der Waals surface area contributed by atoms with Gasteiger partial charge in [0.2, 0.25) is 0 Å². The molecule has 1 unspecified atom stereocenters. The quantitative estimate of drug-likeness (QED) is 0.242. The highest BCUT2D eigenvalue weighted by Crippen LogP contribution is 2.19. The summed E-state index contributed by atoms with van der Waals surface area (Å²) in [6.07, 6.45) is 5.11. The molecule has 2 aromatic rings. The van der Waals surface area contributed by atoms with E-state index in [-0.39, 0.29) is 5.69 Å². The summed E-state index contributed by atoms with van der Waals surface area (Å²) in [5.74, 6) is 0. The lowest BCUT2D eigenvalue weighted by Crippen LogP contribution is -2.24. The third-order valence-corrected chi connectivity index (χ3v) is 5.42. The van der Waals surface area contributed by atoms with Crippen molar-refractivity contribution in [2.24, 2.45) is 0 Å². The molecule has 0 saturated heterocycles. The molecule has 0 amide bonds. The number of aliphatic hydroxyl groups is 1. The third-order valence-electron chi connectivity index (χ3n) is 4.60. The van der Waals surface area contributed by atoms with Crippen LogP contribution in [0.4, 0.5) is 5.69 Å².